The zero-order valence-corrected chi connectivity index (χ0v) is 8.06. The molecule has 4 N–H and O–H groups in total. The van der Waals surface area contributed by atoms with Gasteiger partial charge < -0.3 is 20.0 Å². The van der Waals surface area contributed by atoms with Gasteiger partial charge in [0, 0.05) is 0 Å². The molecule has 9 heteroatoms. The molecule has 0 saturated heterocycles. The molecule has 0 radical (unpaired) electrons. The molecular weight excluding hydrogens is 222 g/mol. The molecule has 14 heavy (non-hydrogen) atoms. The third kappa shape index (κ3) is 323. The van der Waals surface area contributed by atoms with E-state index in [9.17, 15) is 4.53 Å². The summed E-state index contributed by atoms with van der Waals surface area (Å²) in [5.74, 6) is 0. The topological polar surface area (TPSA) is 124 Å². The van der Waals surface area contributed by atoms with Crippen LogP contribution in [0.2, 0.25) is 0 Å². The monoisotopic (exact) mass is 234 g/mol. The summed E-state index contributed by atoms with van der Waals surface area (Å²) in [6.45, 7) is 12.0. The van der Waals surface area contributed by atoms with E-state index < -0.39 is 14.0 Å². The first-order valence-electron chi connectivity index (χ1n) is 2.57. The third-order valence-electron chi connectivity index (χ3n) is 0.0899. The second-order valence-corrected chi connectivity index (χ2v) is 1.96. The Bertz CT molecular complexity index is 161. The van der Waals surface area contributed by atoms with E-state index in [4.69, 9.17) is 29.4 Å². The summed E-state index contributed by atoms with van der Waals surface area (Å²) in [5, 5.41) is 13.9. The first kappa shape index (κ1) is 23.0. The lowest BCUT2D eigenvalue weighted by Gasteiger charge is -1.87. The quantitative estimate of drug-likeness (QED) is 0.402. The molecule has 0 amide bonds. The van der Waals surface area contributed by atoms with Gasteiger partial charge in [-0.3, -0.25) is 0 Å². The smallest absolute Gasteiger partial charge is 0.450 e. The second-order valence-electron chi connectivity index (χ2n) is 0.842. The standard InChI is InChI=1S/2C2H4.CH2O3.FH2O4P/c2*1-2;2-1(3)4;1-5-6(2,3)4/h2*1-2H2;(H2,2,3,4);(H2,2,3,4). The van der Waals surface area contributed by atoms with Crippen molar-refractivity contribution in [3.05, 3.63) is 26.3 Å². The molecule has 0 heterocycles. The Balaban J connectivity index is -0.0000000546. The van der Waals surface area contributed by atoms with E-state index in [0.717, 1.165) is 0 Å². The SMILES string of the molecule is C=C.C=C.O=C(O)O.O=P(O)(O)OF. The first-order chi connectivity index (χ1) is 6.29. The number of hydrogen-bond acceptors (Lipinski definition) is 3. The molecule has 0 aromatic carbocycles. The van der Waals surface area contributed by atoms with Gasteiger partial charge in [0.25, 0.3) is 0 Å². The van der Waals surface area contributed by atoms with Crippen LogP contribution in [-0.2, 0) is 9.29 Å². The van der Waals surface area contributed by atoms with Crippen molar-refractivity contribution in [2.45, 2.75) is 0 Å². The lowest BCUT2D eigenvalue weighted by Crippen LogP contribution is -1.81. The Morgan fingerprint density at radius 2 is 1.21 bits per heavy atom. The number of phosphoric acid groups is 1. The predicted molar refractivity (Wildman–Crippen MR) is 47.4 cm³/mol. The van der Waals surface area contributed by atoms with E-state index in [1.807, 2.05) is 0 Å². The molecule has 0 aromatic heterocycles. The van der Waals surface area contributed by atoms with Crippen LogP contribution in [0.3, 0.4) is 0 Å². The van der Waals surface area contributed by atoms with Crippen molar-refractivity contribution in [2.24, 2.45) is 0 Å². The molecule has 0 atom stereocenters. The Morgan fingerprint density at radius 1 is 1.14 bits per heavy atom. The van der Waals surface area contributed by atoms with Gasteiger partial charge in [0.05, 0.1) is 0 Å². The van der Waals surface area contributed by atoms with Crippen LogP contribution >= 0.6 is 7.82 Å². The molecule has 0 fully saturated rings. The Morgan fingerprint density at radius 3 is 1.21 bits per heavy atom. The maximum absolute atomic E-state index is 10.2. The van der Waals surface area contributed by atoms with E-state index >= 15 is 0 Å². The van der Waals surface area contributed by atoms with Gasteiger partial charge in [0.2, 0.25) is 0 Å². The van der Waals surface area contributed by atoms with Crippen LogP contribution in [0.25, 0.3) is 0 Å². The van der Waals surface area contributed by atoms with Crippen LogP contribution in [0.5, 0.6) is 0 Å². The van der Waals surface area contributed by atoms with Crippen molar-refractivity contribution >= 4 is 14.0 Å². The van der Waals surface area contributed by atoms with Gasteiger partial charge in [-0.05, 0) is 4.53 Å². The molecule has 0 aliphatic heterocycles. The summed E-state index contributed by atoms with van der Waals surface area (Å²) in [6.07, 6.45) is -1.83. The third-order valence-corrected chi connectivity index (χ3v) is 0.270. The molecule has 0 rings (SSSR count). The number of carboxylic acid groups (broad SMARTS) is 2. The Labute approximate surface area is 79.9 Å². The molecule has 0 saturated carbocycles. The maximum Gasteiger partial charge on any atom is 0.503 e. The summed E-state index contributed by atoms with van der Waals surface area (Å²) in [4.78, 5) is 23.2. The lowest BCUT2D eigenvalue weighted by molar-refractivity contribution is -0.0389. The lowest BCUT2D eigenvalue weighted by atomic mass is 11.3. The minimum atomic E-state index is -4.81. The summed E-state index contributed by atoms with van der Waals surface area (Å²) >= 11 is 0. The van der Waals surface area contributed by atoms with E-state index in [-0.39, 0.29) is 0 Å². The van der Waals surface area contributed by atoms with Crippen molar-refractivity contribution in [1.29, 1.82) is 0 Å². The van der Waals surface area contributed by atoms with Crippen LogP contribution in [0.4, 0.5) is 9.32 Å². The summed E-state index contributed by atoms with van der Waals surface area (Å²) in [6, 6.07) is 0. The van der Waals surface area contributed by atoms with Gasteiger partial charge in [-0.1, -0.05) is 4.73 Å². The van der Waals surface area contributed by atoms with Crippen LogP contribution < -0.4 is 0 Å². The van der Waals surface area contributed by atoms with Crippen molar-refractivity contribution < 1.29 is 38.6 Å². The molecule has 86 valence electrons. The number of carbonyl (C=O) groups is 1. The normalized spacial score (nSPS) is 7.36. The summed E-state index contributed by atoms with van der Waals surface area (Å²) in [7, 11) is -4.81. The highest BCUT2D eigenvalue weighted by atomic mass is 31.2. The van der Waals surface area contributed by atoms with Crippen molar-refractivity contribution in [3.8, 4) is 0 Å². The van der Waals surface area contributed by atoms with Gasteiger partial charge in [0.1, 0.15) is 0 Å². The Kier molecular flexibility index (Phi) is 29.2. The fourth-order valence-corrected chi connectivity index (χ4v) is 0. The van der Waals surface area contributed by atoms with Crippen molar-refractivity contribution in [2.75, 3.05) is 0 Å². The van der Waals surface area contributed by atoms with Crippen LogP contribution in [0.15, 0.2) is 26.3 Å². The highest BCUT2D eigenvalue weighted by molar-refractivity contribution is 7.46. The molecule has 0 spiro atoms. The van der Waals surface area contributed by atoms with Gasteiger partial charge in [0.15, 0.2) is 0 Å². The highest BCUT2D eigenvalue weighted by Gasteiger charge is 2.12. The summed E-state index contributed by atoms with van der Waals surface area (Å²) in [5.41, 5.74) is 0. The average Bonchev–Trinajstić information content (AvgIpc) is 2.09. The van der Waals surface area contributed by atoms with Gasteiger partial charge in [-0.25, -0.2) is 9.36 Å². The second kappa shape index (κ2) is 17.8. The van der Waals surface area contributed by atoms with E-state index in [1.165, 1.54) is 0 Å². The fraction of sp³-hybridized carbons (Fsp3) is 0. The number of rotatable bonds is 1. The molecule has 7 nitrogen and oxygen atoms in total. The van der Waals surface area contributed by atoms with Crippen molar-refractivity contribution in [1.82, 2.24) is 0 Å². The first-order valence-corrected chi connectivity index (χ1v) is 4.10. The minimum Gasteiger partial charge on any atom is -0.450 e. The predicted octanol–water partition coefficient (Wildman–Crippen LogP) is 1.81. The van der Waals surface area contributed by atoms with Crippen LogP contribution in [-0.4, -0.2) is 26.2 Å². The zero-order valence-electron chi connectivity index (χ0n) is 7.17. The fourth-order valence-electron chi connectivity index (χ4n) is 0. The van der Waals surface area contributed by atoms with E-state index in [0.29, 0.717) is 0 Å². The van der Waals surface area contributed by atoms with Crippen LogP contribution in [0.1, 0.15) is 0 Å². The van der Waals surface area contributed by atoms with Gasteiger partial charge in [-0.15, -0.1) is 26.3 Å². The largest absolute Gasteiger partial charge is 0.503 e. The molecule has 0 bridgehead atoms. The van der Waals surface area contributed by atoms with E-state index in [1.54, 1.807) is 0 Å². The molecule has 0 aliphatic carbocycles. The molecule has 0 aliphatic rings. The Hall–Kier alpha value is -1.21. The van der Waals surface area contributed by atoms with E-state index in [2.05, 4.69) is 31.0 Å². The molecular formula is C5H12FO7P. The zero-order chi connectivity index (χ0) is 12.8. The highest BCUT2D eigenvalue weighted by Crippen LogP contribution is 2.35. The van der Waals surface area contributed by atoms with Gasteiger partial charge >= 0.3 is 14.0 Å². The van der Waals surface area contributed by atoms with Crippen molar-refractivity contribution in [3.63, 3.8) is 0 Å². The molecule has 0 aromatic rings. The minimum absolute atomic E-state index is 1.83. The van der Waals surface area contributed by atoms with Gasteiger partial charge in [-0.2, -0.15) is 0 Å². The maximum atomic E-state index is 10.2. The average molecular weight is 234 g/mol. The summed E-state index contributed by atoms with van der Waals surface area (Å²) < 4.78 is 21.4. The molecule has 0 unspecified atom stereocenters. The van der Waals surface area contributed by atoms with Crippen LogP contribution in [0, 0.1) is 0 Å². The number of halogens is 1. The number of hydrogen-bond donors (Lipinski definition) is 4.